The number of hydrogen-bond donors (Lipinski definition) is 0. The van der Waals surface area contributed by atoms with E-state index in [1.807, 2.05) is 61.5 Å². The molecule has 2 aromatic carbocycles. The molecular formula is C18H17NO. The van der Waals surface area contributed by atoms with Crippen LogP contribution in [0.25, 0.3) is 0 Å². The molecule has 0 aliphatic rings. The van der Waals surface area contributed by atoms with Crippen molar-refractivity contribution >= 4 is 5.78 Å². The predicted octanol–water partition coefficient (Wildman–Crippen LogP) is 3.80. The molecule has 2 nitrogen and oxygen atoms in total. The third-order valence-corrected chi connectivity index (χ3v) is 3.33. The smallest absolute Gasteiger partial charge is 0.154 e. The molecule has 0 bridgehead atoms. The molecule has 0 aliphatic heterocycles. The van der Waals surface area contributed by atoms with Gasteiger partial charge in [0.2, 0.25) is 0 Å². The van der Waals surface area contributed by atoms with Crippen molar-refractivity contribution < 1.29 is 4.79 Å². The van der Waals surface area contributed by atoms with Gasteiger partial charge in [0, 0.05) is 6.42 Å². The summed E-state index contributed by atoms with van der Waals surface area (Å²) in [5, 5.41) is 9.27. The fraction of sp³-hybridized carbons (Fsp3) is 0.222. The summed E-state index contributed by atoms with van der Waals surface area (Å²) in [6, 6.07) is 19.6. The molecule has 0 amide bonds. The van der Waals surface area contributed by atoms with E-state index < -0.39 is 5.92 Å². The maximum atomic E-state index is 12.2. The van der Waals surface area contributed by atoms with Gasteiger partial charge in [0.1, 0.15) is 5.92 Å². The Balaban J connectivity index is 2.05. The molecule has 0 saturated heterocycles. The van der Waals surface area contributed by atoms with E-state index in [4.69, 9.17) is 0 Å². The van der Waals surface area contributed by atoms with Gasteiger partial charge >= 0.3 is 0 Å². The third-order valence-electron chi connectivity index (χ3n) is 3.33. The van der Waals surface area contributed by atoms with E-state index in [0.717, 1.165) is 16.7 Å². The average Bonchev–Trinajstić information content (AvgIpc) is 2.47. The van der Waals surface area contributed by atoms with E-state index in [0.29, 0.717) is 12.8 Å². The lowest BCUT2D eigenvalue weighted by Gasteiger charge is -2.09. The van der Waals surface area contributed by atoms with Gasteiger partial charge in [-0.05, 0) is 24.5 Å². The van der Waals surface area contributed by atoms with Gasteiger partial charge in [-0.3, -0.25) is 4.79 Å². The lowest BCUT2D eigenvalue weighted by molar-refractivity contribution is -0.119. The molecule has 100 valence electrons. The van der Waals surface area contributed by atoms with Crippen molar-refractivity contribution in [3.8, 4) is 6.07 Å². The summed E-state index contributed by atoms with van der Waals surface area (Å²) >= 11 is 0. The number of nitriles is 1. The van der Waals surface area contributed by atoms with E-state index in [1.54, 1.807) is 0 Å². The average molecular weight is 263 g/mol. The minimum absolute atomic E-state index is 0.0121. The maximum Gasteiger partial charge on any atom is 0.154 e. The SMILES string of the molecule is Cc1cccc(C(C#N)C(=O)CCc2ccccc2)c1. The van der Waals surface area contributed by atoms with Crippen LogP contribution in [0.15, 0.2) is 54.6 Å². The van der Waals surface area contributed by atoms with Crippen molar-refractivity contribution in [2.45, 2.75) is 25.7 Å². The number of carbonyl (C=O) groups excluding carboxylic acids is 1. The summed E-state index contributed by atoms with van der Waals surface area (Å²) in [4.78, 5) is 12.2. The molecule has 0 aromatic heterocycles. The van der Waals surface area contributed by atoms with Crippen LogP contribution in [0.3, 0.4) is 0 Å². The number of rotatable bonds is 5. The second-order valence-corrected chi connectivity index (χ2v) is 4.93. The van der Waals surface area contributed by atoms with Gasteiger partial charge in [-0.25, -0.2) is 0 Å². The molecule has 0 radical (unpaired) electrons. The van der Waals surface area contributed by atoms with Gasteiger partial charge in [-0.1, -0.05) is 60.2 Å². The summed E-state index contributed by atoms with van der Waals surface area (Å²) in [6.45, 7) is 1.96. The predicted molar refractivity (Wildman–Crippen MR) is 79.3 cm³/mol. The minimum atomic E-state index is -0.654. The number of Topliss-reactive ketones (excluding diaryl/α,β-unsaturated/α-hetero) is 1. The highest BCUT2D eigenvalue weighted by atomic mass is 16.1. The Morgan fingerprint density at radius 3 is 2.55 bits per heavy atom. The molecule has 1 atom stereocenters. The van der Waals surface area contributed by atoms with Gasteiger partial charge < -0.3 is 0 Å². The van der Waals surface area contributed by atoms with Crippen molar-refractivity contribution in [2.75, 3.05) is 0 Å². The zero-order valence-electron chi connectivity index (χ0n) is 11.5. The molecular weight excluding hydrogens is 246 g/mol. The van der Waals surface area contributed by atoms with E-state index >= 15 is 0 Å². The Morgan fingerprint density at radius 1 is 1.15 bits per heavy atom. The molecule has 0 aliphatic carbocycles. The van der Waals surface area contributed by atoms with Crippen molar-refractivity contribution in [3.05, 3.63) is 71.3 Å². The molecule has 2 rings (SSSR count). The first-order chi connectivity index (χ1) is 9.70. The highest BCUT2D eigenvalue weighted by Crippen LogP contribution is 2.19. The van der Waals surface area contributed by atoms with Crippen molar-refractivity contribution in [3.63, 3.8) is 0 Å². The number of nitrogens with zero attached hydrogens (tertiary/aromatic N) is 1. The second-order valence-electron chi connectivity index (χ2n) is 4.93. The van der Waals surface area contributed by atoms with Crippen LogP contribution in [0.1, 0.15) is 29.0 Å². The van der Waals surface area contributed by atoms with Crippen molar-refractivity contribution in [1.82, 2.24) is 0 Å². The Labute approximate surface area is 119 Å². The number of benzene rings is 2. The Bertz CT molecular complexity index is 625. The summed E-state index contributed by atoms with van der Waals surface area (Å²) in [7, 11) is 0. The van der Waals surface area contributed by atoms with Crippen LogP contribution < -0.4 is 0 Å². The van der Waals surface area contributed by atoms with Crippen LogP contribution in [0.5, 0.6) is 0 Å². The first-order valence-electron chi connectivity index (χ1n) is 6.73. The van der Waals surface area contributed by atoms with Gasteiger partial charge in [0.25, 0.3) is 0 Å². The quantitative estimate of drug-likeness (QED) is 0.823. The van der Waals surface area contributed by atoms with E-state index in [-0.39, 0.29) is 5.78 Å². The van der Waals surface area contributed by atoms with Gasteiger partial charge in [0.05, 0.1) is 6.07 Å². The summed E-state index contributed by atoms with van der Waals surface area (Å²) in [6.07, 6.45) is 1.08. The molecule has 0 fully saturated rings. The van der Waals surface area contributed by atoms with Crippen LogP contribution in [0.2, 0.25) is 0 Å². The highest BCUT2D eigenvalue weighted by Gasteiger charge is 2.19. The van der Waals surface area contributed by atoms with Crippen LogP contribution in [-0.2, 0) is 11.2 Å². The number of carbonyl (C=O) groups is 1. The monoisotopic (exact) mass is 263 g/mol. The van der Waals surface area contributed by atoms with Crippen LogP contribution in [-0.4, -0.2) is 5.78 Å². The van der Waals surface area contributed by atoms with Crippen LogP contribution in [0, 0.1) is 18.3 Å². The summed E-state index contributed by atoms with van der Waals surface area (Å²) < 4.78 is 0. The topological polar surface area (TPSA) is 40.9 Å². The first kappa shape index (κ1) is 14.0. The standard InChI is InChI=1S/C18H17NO/c1-14-6-5-9-16(12-14)17(13-19)18(20)11-10-15-7-3-2-4-8-15/h2-9,12,17H,10-11H2,1H3. The number of aryl methyl sites for hydroxylation is 2. The highest BCUT2D eigenvalue weighted by molar-refractivity contribution is 5.88. The molecule has 2 aromatic rings. The fourth-order valence-electron chi connectivity index (χ4n) is 2.24. The maximum absolute atomic E-state index is 12.2. The number of ketones is 1. The summed E-state index contributed by atoms with van der Waals surface area (Å²) in [5.41, 5.74) is 2.99. The molecule has 0 N–H and O–H groups in total. The normalized spacial score (nSPS) is 11.6. The minimum Gasteiger partial charge on any atom is -0.298 e. The van der Waals surface area contributed by atoms with Crippen molar-refractivity contribution in [2.24, 2.45) is 0 Å². The largest absolute Gasteiger partial charge is 0.298 e. The van der Waals surface area contributed by atoms with Gasteiger partial charge in [-0.2, -0.15) is 5.26 Å². The molecule has 1 unspecified atom stereocenters. The number of hydrogen-bond acceptors (Lipinski definition) is 2. The molecule has 20 heavy (non-hydrogen) atoms. The lowest BCUT2D eigenvalue weighted by Crippen LogP contribution is -2.11. The first-order valence-corrected chi connectivity index (χ1v) is 6.73. The Kier molecular flexibility index (Phi) is 4.68. The molecule has 0 spiro atoms. The third kappa shape index (κ3) is 3.55. The van der Waals surface area contributed by atoms with Gasteiger partial charge in [0.15, 0.2) is 5.78 Å². The van der Waals surface area contributed by atoms with E-state index in [9.17, 15) is 10.1 Å². The van der Waals surface area contributed by atoms with Gasteiger partial charge in [-0.15, -0.1) is 0 Å². The van der Waals surface area contributed by atoms with Crippen LogP contribution in [0.4, 0.5) is 0 Å². The molecule has 0 saturated carbocycles. The van der Waals surface area contributed by atoms with E-state index in [2.05, 4.69) is 6.07 Å². The lowest BCUT2D eigenvalue weighted by atomic mass is 9.91. The zero-order valence-corrected chi connectivity index (χ0v) is 11.5. The van der Waals surface area contributed by atoms with E-state index in [1.165, 1.54) is 0 Å². The summed E-state index contributed by atoms with van der Waals surface area (Å²) in [5.74, 6) is -0.666. The second kappa shape index (κ2) is 6.68. The Morgan fingerprint density at radius 2 is 1.90 bits per heavy atom. The zero-order chi connectivity index (χ0) is 14.4. The molecule has 2 heteroatoms. The van der Waals surface area contributed by atoms with Crippen LogP contribution >= 0.6 is 0 Å². The van der Waals surface area contributed by atoms with Crippen molar-refractivity contribution in [1.29, 1.82) is 5.26 Å². The Hall–Kier alpha value is -2.40. The fourth-order valence-corrected chi connectivity index (χ4v) is 2.24. The molecule has 0 heterocycles.